The number of aliphatic hydroxyl groups excluding tert-OH is 1. The summed E-state index contributed by atoms with van der Waals surface area (Å²) in [5.41, 5.74) is 5.26. The molecule has 1 saturated carbocycles. The summed E-state index contributed by atoms with van der Waals surface area (Å²) in [6.45, 7) is 2.47. The number of hydrogen-bond acceptors (Lipinski definition) is 4. The molecule has 4 nitrogen and oxygen atoms in total. The smallest absolute Gasteiger partial charge is 0.335 e. The van der Waals surface area contributed by atoms with Crippen LogP contribution in [0, 0.1) is 11.3 Å². The average Bonchev–Trinajstić information content (AvgIpc) is 2.71. The number of carbonyl (C=O) groups excluding carboxylic acids is 1. The molecule has 0 aromatic heterocycles. The molecule has 0 aromatic carbocycles. The molecule has 0 bridgehead atoms. The number of nitrogens with two attached hydrogens (primary N) is 1. The van der Waals surface area contributed by atoms with Crippen LogP contribution in [0.1, 0.15) is 32.6 Å². The fourth-order valence-corrected chi connectivity index (χ4v) is 2.53. The summed E-state index contributed by atoms with van der Waals surface area (Å²) in [7, 11) is 1.29. The SMILES string of the molecule is CCC1CCC(CN)(C(O)C(=O)OC)C1. The number of methoxy groups -OCH3 is 1. The van der Waals surface area contributed by atoms with Crippen molar-refractivity contribution in [2.75, 3.05) is 13.7 Å². The zero-order valence-corrected chi connectivity index (χ0v) is 9.53. The van der Waals surface area contributed by atoms with E-state index in [1.54, 1.807) is 0 Å². The van der Waals surface area contributed by atoms with Gasteiger partial charge in [-0.2, -0.15) is 0 Å². The molecular formula is C11H21NO3. The molecule has 0 saturated heterocycles. The zero-order valence-electron chi connectivity index (χ0n) is 9.53. The highest BCUT2D eigenvalue weighted by Gasteiger charge is 2.46. The molecule has 0 radical (unpaired) electrons. The molecule has 1 rings (SSSR count). The van der Waals surface area contributed by atoms with E-state index < -0.39 is 17.5 Å². The molecule has 0 aromatic rings. The molecule has 3 N–H and O–H groups in total. The van der Waals surface area contributed by atoms with Crippen molar-refractivity contribution >= 4 is 5.97 Å². The maximum Gasteiger partial charge on any atom is 0.335 e. The molecule has 15 heavy (non-hydrogen) atoms. The number of hydrogen-bond donors (Lipinski definition) is 2. The van der Waals surface area contributed by atoms with E-state index in [2.05, 4.69) is 11.7 Å². The van der Waals surface area contributed by atoms with Gasteiger partial charge in [0, 0.05) is 12.0 Å². The maximum absolute atomic E-state index is 11.3. The molecule has 0 heterocycles. The minimum absolute atomic E-state index is 0.347. The summed E-state index contributed by atoms with van der Waals surface area (Å²) in [5, 5.41) is 9.93. The quantitative estimate of drug-likeness (QED) is 0.676. The molecule has 1 aliphatic carbocycles. The Balaban J connectivity index is 2.73. The van der Waals surface area contributed by atoms with Gasteiger partial charge in [0.05, 0.1) is 7.11 Å². The Hall–Kier alpha value is -0.610. The molecule has 4 heteroatoms. The molecule has 0 spiro atoms. The van der Waals surface area contributed by atoms with Crippen molar-refractivity contribution < 1.29 is 14.6 Å². The van der Waals surface area contributed by atoms with Crippen molar-refractivity contribution in [1.82, 2.24) is 0 Å². The second kappa shape index (κ2) is 4.94. The third-order valence-corrected chi connectivity index (χ3v) is 3.73. The highest BCUT2D eigenvalue weighted by molar-refractivity contribution is 5.75. The van der Waals surface area contributed by atoms with E-state index in [-0.39, 0.29) is 0 Å². The number of carbonyl (C=O) groups is 1. The van der Waals surface area contributed by atoms with E-state index in [9.17, 15) is 9.90 Å². The van der Waals surface area contributed by atoms with Crippen molar-refractivity contribution in [3.63, 3.8) is 0 Å². The first-order valence-electron chi connectivity index (χ1n) is 5.55. The zero-order chi connectivity index (χ0) is 11.5. The van der Waals surface area contributed by atoms with Crippen molar-refractivity contribution in [2.24, 2.45) is 17.1 Å². The van der Waals surface area contributed by atoms with Gasteiger partial charge in [-0.1, -0.05) is 13.3 Å². The van der Waals surface area contributed by atoms with Crippen LogP contribution in [-0.2, 0) is 9.53 Å². The van der Waals surface area contributed by atoms with Crippen LogP contribution in [0.25, 0.3) is 0 Å². The van der Waals surface area contributed by atoms with Gasteiger partial charge in [0.1, 0.15) is 0 Å². The van der Waals surface area contributed by atoms with E-state index in [0.29, 0.717) is 12.5 Å². The Morgan fingerprint density at radius 2 is 2.40 bits per heavy atom. The second-order valence-electron chi connectivity index (χ2n) is 4.51. The average molecular weight is 215 g/mol. The van der Waals surface area contributed by atoms with Crippen molar-refractivity contribution in [1.29, 1.82) is 0 Å². The molecule has 1 fully saturated rings. The maximum atomic E-state index is 11.3. The van der Waals surface area contributed by atoms with Crippen molar-refractivity contribution in [2.45, 2.75) is 38.7 Å². The van der Waals surface area contributed by atoms with E-state index in [0.717, 1.165) is 25.7 Å². The van der Waals surface area contributed by atoms with Crippen LogP contribution in [-0.4, -0.2) is 30.8 Å². The van der Waals surface area contributed by atoms with Gasteiger partial charge in [-0.25, -0.2) is 4.79 Å². The monoisotopic (exact) mass is 215 g/mol. The third-order valence-electron chi connectivity index (χ3n) is 3.73. The summed E-state index contributed by atoms with van der Waals surface area (Å²) >= 11 is 0. The standard InChI is InChI=1S/C11H21NO3/c1-3-8-4-5-11(6-8,7-12)9(13)10(14)15-2/h8-9,13H,3-7,12H2,1-2H3. The van der Waals surface area contributed by atoms with Gasteiger partial charge >= 0.3 is 5.97 Å². The van der Waals surface area contributed by atoms with E-state index in [4.69, 9.17) is 5.73 Å². The number of esters is 1. The second-order valence-corrected chi connectivity index (χ2v) is 4.51. The van der Waals surface area contributed by atoms with Gasteiger partial charge in [-0.15, -0.1) is 0 Å². The lowest BCUT2D eigenvalue weighted by Gasteiger charge is -2.31. The van der Waals surface area contributed by atoms with Gasteiger partial charge in [-0.05, 0) is 25.2 Å². The minimum atomic E-state index is -1.07. The summed E-state index contributed by atoms with van der Waals surface area (Å²) in [5.74, 6) is 0.0186. The Labute approximate surface area is 90.8 Å². The summed E-state index contributed by atoms with van der Waals surface area (Å²) in [6, 6.07) is 0. The van der Waals surface area contributed by atoms with Gasteiger partial charge < -0.3 is 15.6 Å². The van der Waals surface area contributed by atoms with Crippen LogP contribution in [0.3, 0.4) is 0 Å². The molecular weight excluding hydrogens is 194 g/mol. The predicted molar refractivity (Wildman–Crippen MR) is 57.1 cm³/mol. The first-order valence-corrected chi connectivity index (χ1v) is 5.55. The summed E-state index contributed by atoms with van der Waals surface area (Å²) < 4.78 is 4.58. The van der Waals surface area contributed by atoms with Crippen LogP contribution in [0.15, 0.2) is 0 Å². The molecule has 0 aliphatic heterocycles. The predicted octanol–water partition coefficient (Wildman–Crippen LogP) is 0.676. The number of rotatable bonds is 4. The van der Waals surface area contributed by atoms with E-state index in [1.165, 1.54) is 7.11 Å². The first-order chi connectivity index (χ1) is 7.09. The van der Waals surface area contributed by atoms with Crippen LogP contribution in [0.5, 0.6) is 0 Å². The van der Waals surface area contributed by atoms with Crippen LogP contribution in [0.4, 0.5) is 0 Å². The largest absolute Gasteiger partial charge is 0.467 e. The number of ether oxygens (including phenoxy) is 1. The fourth-order valence-electron chi connectivity index (χ4n) is 2.53. The molecule has 88 valence electrons. The Kier molecular flexibility index (Phi) is 4.11. The highest BCUT2D eigenvalue weighted by atomic mass is 16.5. The van der Waals surface area contributed by atoms with E-state index in [1.807, 2.05) is 0 Å². The third kappa shape index (κ3) is 2.32. The molecule has 3 atom stereocenters. The van der Waals surface area contributed by atoms with Crippen molar-refractivity contribution in [3.8, 4) is 0 Å². The Morgan fingerprint density at radius 1 is 1.73 bits per heavy atom. The van der Waals surface area contributed by atoms with Gasteiger partial charge in [0.15, 0.2) is 6.10 Å². The minimum Gasteiger partial charge on any atom is -0.467 e. The van der Waals surface area contributed by atoms with Gasteiger partial charge in [0.2, 0.25) is 0 Å². The lowest BCUT2D eigenvalue weighted by Crippen LogP contribution is -2.45. The van der Waals surface area contributed by atoms with Crippen molar-refractivity contribution in [3.05, 3.63) is 0 Å². The van der Waals surface area contributed by atoms with Crippen LogP contribution < -0.4 is 5.73 Å². The van der Waals surface area contributed by atoms with E-state index >= 15 is 0 Å². The molecule has 0 amide bonds. The van der Waals surface area contributed by atoms with Crippen LogP contribution >= 0.6 is 0 Å². The normalized spacial score (nSPS) is 32.7. The first kappa shape index (κ1) is 12.5. The number of aliphatic hydroxyl groups is 1. The van der Waals surface area contributed by atoms with Gasteiger partial charge in [-0.3, -0.25) is 0 Å². The van der Waals surface area contributed by atoms with Gasteiger partial charge in [0.25, 0.3) is 0 Å². The lowest BCUT2D eigenvalue weighted by molar-refractivity contribution is -0.158. The lowest BCUT2D eigenvalue weighted by atomic mass is 9.79. The topological polar surface area (TPSA) is 72.5 Å². The Bertz CT molecular complexity index is 232. The molecule has 1 aliphatic rings. The van der Waals surface area contributed by atoms with Crippen LogP contribution in [0.2, 0.25) is 0 Å². The fraction of sp³-hybridized carbons (Fsp3) is 0.909. The molecule has 3 unspecified atom stereocenters. The highest BCUT2D eigenvalue weighted by Crippen LogP contribution is 2.45. The summed E-state index contributed by atoms with van der Waals surface area (Å²) in [4.78, 5) is 11.3. The Morgan fingerprint density at radius 3 is 2.80 bits per heavy atom. The summed E-state index contributed by atoms with van der Waals surface area (Å²) in [6.07, 6.45) is 2.70.